The summed E-state index contributed by atoms with van der Waals surface area (Å²) in [5.41, 5.74) is 1.00. The highest BCUT2D eigenvalue weighted by Crippen LogP contribution is 2.20. The van der Waals surface area contributed by atoms with E-state index in [0.29, 0.717) is 11.1 Å². The van der Waals surface area contributed by atoms with E-state index in [-0.39, 0.29) is 11.3 Å². The van der Waals surface area contributed by atoms with Crippen LogP contribution < -0.4 is 4.74 Å². The summed E-state index contributed by atoms with van der Waals surface area (Å²) in [7, 11) is 0. The first kappa shape index (κ1) is 12.3. The van der Waals surface area contributed by atoms with Crippen molar-refractivity contribution in [3.05, 3.63) is 60.0 Å². The van der Waals surface area contributed by atoms with Gasteiger partial charge in [-0.2, -0.15) is 0 Å². The number of carbonyl (C=O) groups is 1. The molecule has 6 heteroatoms. The average molecular weight is 275 g/mol. The number of carbonyl (C=O) groups excluding carboxylic acids is 1. The Kier molecular flexibility index (Phi) is 2.90. The van der Waals surface area contributed by atoms with Gasteiger partial charge in [0.15, 0.2) is 23.6 Å². The van der Waals surface area contributed by atoms with E-state index in [4.69, 9.17) is 9.15 Å². The minimum atomic E-state index is -1.11. The molecule has 0 saturated carbocycles. The second kappa shape index (κ2) is 4.73. The van der Waals surface area contributed by atoms with Gasteiger partial charge in [0.2, 0.25) is 0 Å². The summed E-state index contributed by atoms with van der Waals surface area (Å²) in [6, 6.07) is 7.42. The summed E-state index contributed by atoms with van der Waals surface area (Å²) >= 11 is 0. The fourth-order valence-corrected chi connectivity index (χ4v) is 1.69. The third-order valence-corrected chi connectivity index (χ3v) is 2.67. The lowest BCUT2D eigenvalue weighted by molar-refractivity contribution is 0.0734. The molecule has 0 radical (unpaired) electrons. The topological polar surface area (TPSA) is 52.3 Å². The number of fused-ring (bicyclic) bond motifs is 1. The molecule has 0 spiro atoms. The molecule has 0 saturated heterocycles. The van der Waals surface area contributed by atoms with Crippen molar-refractivity contribution < 1.29 is 22.7 Å². The Labute approximate surface area is 111 Å². The van der Waals surface area contributed by atoms with Crippen molar-refractivity contribution in [3.8, 4) is 5.75 Å². The Morgan fingerprint density at radius 1 is 1.10 bits per heavy atom. The highest BCUT2D eigenvalue weighted by molar-refractivity contribution is 5.91. The fourth-order valence-electron chi connectivity index (χ4n) is 1.69. The molecule has 0 N–H and O–H groups in total. The van der Waals surface area contributed by atoms with Crippen molar-refractivity contribution in [2.75, 3.05) is 0 Å². The number of halogens is 2. The molecule has 4 nitrogen and oxygen atoms in total. The molecule has 0 unspecified atom stereocenters. The van der Waals surface area contributed by atoms with Crippen LogP contribution >= 0.6 is 0 Å². The first-order valence-corrected chi connectivity index (χ1v) is 5.64. The average Bonchev–Trinajstić information content (AvgIpc) is 2.89. The lowest BCUT2D eigenvalue weighted by Gasteiger charge is -2.04. The molecule has 3 rings (SSSR count). The van der Waals surface area contributed by atoms with Gasteiger partial charge in [-0.15, -0.1) is 0 Å². The van der Waals surface area contributed by atoms with Crippen molar-refractivity contribution in [2.45, 2.75) is 0 Å². The number of rotatable bonds is 2. The van der Waals surface area contributed by atoms with Crippen LogP contribution in [0.3, 0.4) is 0 Å². The first-order chi connectivity index (χ1) is 9.63. The van der Waals surface area contributed by atoms with Gasteiger partial charge in [0, 0.05) is 6.07 Å². The van der Waals surface area contributed by atoms with Crippen LogP contribution in [0.15, 0.2) is 47.2 Å². The minimum absolute atomic E-state index is 0.0795. The molecule has 0 atom stereocenters. The van der Waals surface area contributed by atoms with Gasteiger partial charge in [-0.1, -0.05) is 0 Å². The van der Waals surface area contributed by atoms with Gasteiger partial charge in [-0.25, -0.2) is 18.6 Å². The Bertz CT molecular complexity index is 798. The predicted octanol–water partition coefficient (Wildman–Crippen LogP) is 3.33. The maximum atomic E-state index is 13.0. The van der Waals surface area contributed by atoms with Gasteiger partial charge < -0.3 is 9.15 Å². The Morgan fingerprint density at radius 2 is 1.95 bits per heavy atom. The molecule has 1 heterocycles. The van der Waals surface area contributed by atoms with Crippen molar-refractivity contribution >= 4 is 17.1 Å². The predicted molar refractivity (Wildman–Crippen MR) is 65.3 cm³/mol. The molecule has 0 aliphatic rings. The molecule has 1 aromatic heterocycles. The quantitative estimate of drug-likeness (QED) is 0.531. The van der Waals surface area contributed by atoms with E-state index < -0.39 is 17.6 Å². The molecule has 0 fully saturated rings. The number of ether oxygens (including phenoxy) is 1. The third-order valence-electron chi connectivity index (χ3n) is 2.67. The van der Waals surface area contributed by atoms with Gasteiger partial charge in [0.05, 0.1) is 5.56 Å². The van der Waals surface area contributed by atoms with Crippen LogP contribution in [0.1, 0.15) is 10.4 Å². The number of hydrogen-bond acceptors (Lipinski definition) is 4. The van der Waals surface area contributed by atoms with E-state index in [0.717, 1.165) is 18.2 Å². The largest absolute Gasteiger partial charge is 0.443 e. The lowest BCUT2D eigenvalue weighted by atomic mass is 10.2. The summed E-state index contributed by atoms with van der Waals surface area (Å²) in [6.07, 6.45) is 1.27. The number of nitrogens with zero attached hydrogens (tertiary/aromatic N) is 1. The molecule has 0 amide bonds. The zero-order valence-corrected chi connectivity index (χ0v) is 9.97. The zero-order valence-electron chi connectivity index (χ0n) is 9.97. The highest BCUT2D eigenvalue weighted by Gasteiger charge is 2.12. The van der Waals surface area contributed by atoms with Crippen LogP contribution in [0.5, 0.6) is 5.75 Å². The van der Waals surface area contributed by atoms with Crippen molar-refractivity contribution in [1.82, 2.24) is 4.98 Å². The Hall–Kier alpha value is -2.76. The standard InChI is InChI=1S/C14H7F2NO3/c15-10-3-1-8(5-11(10)16)14(18)20-9-2-4-13-12(6-9)17-7-19-13/h1-7H. The Morgan fingerprint density at radius 3 is 2.75 bits per heavy atom. The van der Waals surface area contributed by atoms with E-state index in [1.807, 2.05) is 0 Å². The molecule has 20 heavy (non-hydrogen) atoms. The van der Waals surface area contributed by atoms with Crippen molar-refractivity contribution in [2.24, 2.45) is 0 Å². The van der Waals surface area contributed by atoms with E-state index in [1.165, 1.54) is 18.5 Å². The molecule has 3 aromatic rings. The van der Waals surface area contributed by atoms with Gasteiger partial charge in [0.1, 0.15) is 11.3 Å². The van der Waals surface area contributed by atoms with Crippen LogP contribution in [0, 0.1) is 11.6 Å². The number of benzene rings is 2. The van der Waals surface area contributed by atoms with Crippen LogP contribution in [0.25, 0.3) is 11.1 Å². The number of oxazole rings is 1. The van der Waals surface area contributed by atoms with Gasteiger partial charge in [-0.3, -0.25) is 0 Å². The normalized spacial score (nSPS) is 10.7. The SMILES string of the molecule is O=C(Oc1ccc2ocnc2c1)c1ccc(F)c(F)c1. The molecule has 100 valence electrons. The zero-order chi connectivity index (χ0) is 14.1. The number of hydrogen-bond donors (Lipinski definition) is 0. The Balaban J connectivity index is 1.85. The molecule has 0 bridgehead atoms. The molecule has 0 aliphatic heterocycles. The highest BCUT2D eigenvalue weighted by atomic mass is 19.2. The summed E-state index contributed by atoms with van der Waals surface area (Å²) in [4.78, 5) is 15.7. The monoisotopic (exact) mass is 275 g/mol. The van der Waals surface area contributed by atoms with Crippen molar-refractivity contribution in [3.63, 3.8) is 0 Å². The third kappa shape index (κ3) is 2.23. The molecular weight excluding hydrogens is 268 g/mol. The summed E-state index contributed by atoms with van der Waals surface area (Å²) in [5.74, 6) is -2.68. The summed E-state index contributed by atoms with van der Waals surface area (Å²) in [6.45, 7) is 0. The molecule has 2 aromatic carbocycles. The maximum Gasteiger partial charge on any atom is 0.343 e. The van der Waals surface area contributed by atoms with E-state index in [9.17, 15) is 13.6 Å². The summed E-state index contributed by atoms with van der Waals surface area (Å²) in [5, 5.41) is 0. The van der Waals surface area contributed by atoms with E-state index in [2.05, 4.69) is 4.98 Å². The summed E-state index contributed by atoms with van der Waals surface area (Å²) < 4.78 is 35.9. The van der Waals surface area contributed by atoms with Crippen LogP contribution in [-0.4, -0.2) is 11.0 Å². The van der Waals surface area contributed by atoms with Crippen LogP contribution in [0.4, 0.5) is 8.78 Å². The van der Waals surface area contributed by atoms with E-state index >= 15 is 0 Å². The van der Waals surface area contributed by atoms with Crippen molar-refractivity contribution in [1.29, 1.82) is 0 Å². The van der Waals surface area contributed by atoms with Crippen LogP contribution in [-0.2, 0) is 0 Å². The van der Waals surface area contributed by atoms with E-state index in [1.54, 1.807) is 6.07 Å². The minimum Gasteiger partial charge on any atom is -0.443 e. The number of esters is 1. The molecular formula is C14H7F2NO3. The van der Waals surface area contributed by atoms with Gasteiger partial charge in [-0.05, 0) is 30.3 Å². The van der Waals surface area contributed by atoms with Crippen LogP contribution in [0.2, 0.25) is 0 Å². The van der Waals surface area contributed by atoms with Gasteiger partial charge >= 0.3 is 5.97 Å². The maximum absolute atomic E-state index is 13.0. The lowest BCUT2D eigenvalue weighted by Crippen LogP contribution is -2.09. The first-order valence-electron chi connectivity index (χ1n) is 5.64. The molecule has 0 aliphatic carbocycles. The second-order valence-corrected chi connectivity index (χ2v) is 4.00. The fraction of sp³-hybridized carbons (Fsp3) is 0. The second-order valence-electron chi connectivity index (χ2n) is 4.00. The smallest absolute Gasteiger partial charge is 0.343 e. The van der Waals surface area contributed by atoms with Gasteiger partial charge in [0.25, 0.3) is 0 Å². The number of aromatic nitrogens is 1.